The van der Waals surface area contributed by atoms with Crippen LogP contribution in [0, 0.1) is 0 Å². The van der Waals surface area contributed by atoms with Crippen LogP contribution < -0.4 is 5.32 Å². The SMILES string of the molecule is O=C1NC(c2[nH]nc3ccccc23)CO1. The Morgan fingerprint density at radius 1 is 1.40 bits per heavy atom. The zero-order valence-electron chi connectivity index (χ0n) is 7.86. The molecule has 2 heterocycles. The largest absolute Gasteiger partial charge is 0.447 e. The summed E-state index contributed by atoms with van der Waals surface area (Å²) in [7, 11) is 0. The molecule has 1 atom stereocenters. The standard InChI is InChI=1S/C10H9N3O2/c14-10-11-8(5-15-10)9-6-3-1-2-4-7(6)12-13-9/h1-4,8H,5H2,(H,11,14)(H,12,13). The molecule has 15 heavy (non-hydrogen) atoms. The van der Waals surface area contributed by atoms with Crippen LogP contribution in [-0.4, -0.2) is 22.9 Å². The Kier molecular flexibility index (Phi) is 1.65. The molecular formula is C10H9N3O2. The number of para-hydroxylation sites is 1. The lowest BCUT2D eigenvalue weighted by molar-refractivity contribution is 0.177. The normalized spacial score (nSPS) is 20.3. The fraction of sp³-hybridized carbons (Fsp3) is 0.200. The van der Waals surface area contributed by atoms with E-state index in [0.717, 1.165) is 16.6 Å². The first-order chi connectivity index (χ1) is 7.34. The van der Waals surface area contributed by atoms with Crippen molar-refractivity contribution in [3.05, 3.63) is 30.0 Å². The van der Waals surface area contributed by atoms with Gasteiger partial charge >= 0.3 is 6.09 Å². The minimum absolute atomic E-state index is 0.120. The number of fused-ring (bicyclic) bond motifs is 1. The van der Waals surface area contributed by atoms with Gasteiger partial charge in [0.25, 0.3) is 0 Å². The van der Waals surface area contributed by atoms with Gasteiger partial charge in [-0.2, -0.15) is 5.10 Å². The Labute approximate surface area is 85.4 Å². The number of ether oxygens (including phenoxy) is 1. The van der Waals surface area contributed by atoms with Gasteiger partial charge in [0.2, 0.25) is 0 Å². The van der Waals surface area contributed by atoms with E-state index in [1.807, 2.05) is 24.3 Å². The highest BCUT2D eigenvalue weighted by atomic mass is 16.6. The first-order valence-corrected chi connectivity index (χ1v) is 4.71. The molecule has 3 rings (SSSR count). The van der Waals surface area contributed by atoms with Gasteiger partial charge < -0.3 is 10.1 Å². The van der Waals surface area contributed by atoms with E-state index in [0.29, 0.717) is 6.61 Å². The molecule has 1 aromatic carbocycles. The Bertz CT molecular complexity index is 520. The second kappa shape index (κ2) is 2.98. The smallest absolute Gasteiger partial charge is 0.407 e. The molecule has 5 nitrogen and oxygen atoms in total. The van der Waals surface area contributed by atoms with Gasteiger partial charge in [0.05, 0.1) is 11.2 Å². The molecule has 2 aromatic rings. The first-order valence-electron chi connectivity index (χ1n) is 4.71. The molecule has 1 aliphatic heterocycles. The molecule has 0 spiro atoms. The van der Waals surface area contributed by atoms with Crippen molar-refractivity contribution in [1.29, 1.82) is 0 Å². The molecule has 1 unspecified atom stereocenters. The highest BCUT2D eigenvalue weighted by Gasteiger charge is 2.26. The first kappa shape index (κ1) is 8.28. The van der Waals surface area contributed by atoms with Crippen molar-refractivity contribution in [2.75, 3.05) is 6.61 Å². The molecule has 1 aliphatic rings. The van der Waals surface area contributed by atoms with Crippen molar-refractivity contribution in [2.45, 2.75) is 6.04 Å². The number of rotatable bonds is 1. The maximum Gasteiger partial charge on any atom is 0.407 e. The van der Waals surface area contributed by atoms with E-state index in [1.54, 1.807) is 0 Å². The average molecular weight is 203 g/mol. The van der Waals surface area contributed by atoms with Gasteiger partial charge in [0.15, 0.2) is 0 Å². The molecule has 1 amide bonds. The molecule has 1 aromatic heterocycles. The summed E-state index contributed by atoms with van der Waals surface area (Å²) in [6.45, 7) is 0.352. The highest BCUT2D eigenvalue weighted by Crippen LogP contribution is 2.23. The zero-order valence-corrected chi connectivity index (χ0v) is 7.86. The van der Waals surface area contributed by atoms with E-state index in [2.05, 4.69) is 15.5 Å². The number of carbonyl (C=O) groups is 1. The minimum atomic E-state index is -0.376. The number of carbonyl (C=O) groups excluding carboxylic acids is 1. The second-order valence-electron chi connectivity index (χ2n) is 3.45. The van der Waals surface area contributed by atoms with Gasteiger partial charge in [-0.25, -0.2) is 4.79 Å². The third kappa shape index (κ3) is 1.24. The monoisotopic (exact) mass is 203 g/mol. The summed E-state index contributed by atoms with van der Waals surface area (Å²) in [5.74, 6) is 0. The predicted octanol–water partition coefficient (Wildman–Crippen LogP) is 1.34. The Hall–Kier alpha value is -2.04. The van der Waals surface area contributed by atoms with Crippen LogP contribution in [0.3, 0.4) is 0 Å². The number of benzene rings is 1. The van der Waals surface area contributed by atoms with Gasteiger partial charge in [-0.1, -0.05) is 18.2 Å². The summed E-state index contributed by atoms with van der Waals surface area (Å²) < 4.78 is 4.84. The summed E-state index contributed by atoms with van der Waals surface area (Å²) >= 11 is 0. The highest BCUT2D eigenvalue weighted by molar-refractivity contribution is 5.82. The Morgan fingerprint density at radius 3 is 3.07 bits per heavy atom. The fourth-order valence-electron chi connectivity index (χ4n) is 1.79. The van der Waals surface area contributed by atoms with Crippen molar-refractivity contribution in [2.24, 2.45) is 0 Å². The van der Waals surface area contributed by atoms with E-state index in [1.165, 1.54) is 0 Å². The van der Waals surface area contributed by atoms with Gasteiger partial charge in [0, 0.05) is 5.39 Å². The summed E-state index contributed by atoms with van der Waals surface area (Å²) in [6.07, 6.45) is -0.376. The van der Waals surface area contributed by atoms with Crippen molar-refractivity contribution in [3.8, 4) is 0 Å². The van der Waals surface area contributed by atoms with E-state index < -0.39 is 0 Å². The summed E-state index contributed by atoms with van der Waals surface area (Å²) in [6, 6.07) is 7.64. The van der Waals surface area contributed by atoms with E-state index >= 15 is 0 Å². The number of aromatic amines is 1. The van der Waals surface area contributed by atoms with Crippen LogP contribution in [0.4, 0.5) is 4.79 Å². The number of nitrogens with zero attached hydrogens (tertiary/aromatic N) is 1. The lowest BCUT2D eigenvalue weighted by atomic mass is 10.1. The quantitative estimate of drug-likeness (QED) is 0.735. The molecule has 1 saturated heterocycles. The molecule has 0 radical (unpaired) electrons. The van der Waals surface area contributed by atoms with E-state index in [4.69, 9.17) is 4.74 Å². The van der Waals surface area contributed by atoms with Crippen molar-refractivity contribution < 1.29 is 9.53 Å². The molecule has 0 aliphatic carbocycles. The third-order valence-electron chi connectivity index (χ3n) is 2.51. The van der Waals surface area contributed by atoms with Crippen LogP contribution in [-0.2, 0) is 4.74 Å². The number of H-pyrrole nitrogens is 1. The lowest BCUT2D eigenvalue weighted by Gasteiger charge is -2.03. The van der Waals surface area contributed by atoms with Crippen LogP contribution >= 0.6 is 0 Å². The molecule has 2 N–H and O–H groups in total. The fourth-order valence-corrected chi connectivity index (χ4v) is 1.79. The number of nitrogens with one attached hydrogen (secondary N) is 2. The summed E-state index contributed by atoms with van der Waals surface area (Å²) in [5.41, 5.74) is 1.80. The van der Waals surface area contributed by atoms with Crippen molar-refractivity contribution >= 4 is 17.0 Å². The van der Waals surface area contributed by atoms with Gasteiger partial charge in [-0.15, -0.1) is 0 Å². The third-order valence-corrected chi connectivity index (χ3v) is 2.51. The number of hydrogen-bond donors (Lipinski definition) is 2. The van der Waals surface area contributed by atoms with Crippen LogP contribution in [0.2, 0.25) is 0 Å². The number of cyclic esters (lactones) is 1. The van der Waals surface area contributed by atoms with Gasteiger partial charge in [0.1, 0.15) is 12.6 Å². The van der Waals surface area contributed by atoms with Crippen LogP contribution in [0.25, 0.3) is 10.9 Å². The second-order valence-corrected chi connectivity index (χ2v) is 3.45. The number of amides is 1. The Balaban J connectivity index is 2.07. The summed E-state index contributed by atoms with van der Waals surface area (Å²) in [5, 5.41) is 10.8. The molecule has 5 heteroatoms. The van der Waals surface area contributed by atoms with Crippen LogP contribution in [0.15, 0.2) is 24.3 Å². The lowest BCUT2D eigenvalue weighted by Crippen LogP contribution is -2.18. The molecule has 0 bridgehead atoms. The van der Waals surface area contributed by atoms with E-state index in [9.17, 15) is 4.79 Å². The van der Waals surface area contributed by atoms with Crippen molar-refractivity contribution in [1.82, 2.24) is 15.5 Å². The molecule has 0 saturated carbocycles. The zero-order chi connectivity index (χ0) is 10.3. The van der Waals surface area contributed by atoms with Crippen molar-refractivity contribution in [3.63, 3.8) is 0 Å². The summed E-state index contributed by atoms with van der Waals surface area (Å²) in [4.78, 5) is 10.9. The molecule has 1 fully saturated rings. The average Bonchev–Trinajstić information content (AvgIpc) is 2.83. The molecular weight excluding hydrogens is 194 g/mol. The van der Waals surface area contributed by atoms with E-state index in [-0.39, 0.29) is 12.1 Å². The minimum Gasteiger partial charge on any atom is -0.447 e. The van der Waals surface area contributed by atoms with Crippen LogP contribution in [0.5, 0.6) is 0 Å². The van der Waals surface area contributed by atoms with Crippen LogP contribution in [0.1, 0.15) is 11.7 Å². The van der Waals surface area contributed by atoms with Gasteiger partial charge in [-0.3, -0.25) is 5.10 Å². The molecule has 76 valence electrons. The predicted molar refractivity (Wildman–Crippen MR) is 53.3 cm³/mol. The number of aromatic nitrogens is 2. The van der Waals surface area contributed by atoms with Gasteiger partial charge in [-0.05, 0) is 6.07 Å². The number of alkyl carbamates (subject to hydrolysis) is 1. The Morgan fingerprint density at radius 2 is 2.27 bits per heavy atom. The number of hydrogen-bond acceptors (Lipinski definition) is 3. The maximum absolute atomic E-state index is 10.9. The topological polar surface area (TPSA) is 67.0 Å². The maximum atomic E-state index is 10.9.